The predicted molar refractivity (Wildman–Crippen MR) is 72.1 cm³/mol. The molecule has 0 aromatic carbocycles. The summed E-state index contributed by atoms with van der Waals surface area (Å²) in [6.07, 6.45) is 0.317. The van der Waals surface area contributed by atoms with Crippen molar-refractivity contribution in [3.63, 3.8) is 0 Å². The molecule has 0 radical (unpaired) electrons. The van der Waals surface area contributed by atoms with Gasteiger partial charge in [0.2, 0.25) is 0 Å². The van der Waals surface area contributed by atoms with Crippen LogP contribution in [0.5, 0.6) is 0 Å². The van der Waals surface area contributed by atoms with E-state index in [0.717, 1.165) is 32.0 Å². The second-order valence-electron chi connectivity index (χ2n) is 5.35. The van der Waals surface area contributed by atoms with Gasteiger partial charge in [0, 0.05) is 24.5 Å². The summed E-state index contributed by atoms with van der Waals surface area (Å²) in [5.41, 5.74) is -0.550. The number of alkyl halides is 3. The molecule has 2 aromatic heterocycles. The lowest BCUT2D eigenvalue weighted by atomic mass is 10.1. The van der Waals surface area contributed by atoms with Gasteiger partial charge in [-0.2, -0.15) is 18.3 Å². The number of nitrogens with one attached hydrogen (secondary N) is 1. The van der Waals surface area contributed by atoms with E-state index in [4.69, 9.17) is 0 Å². The van der Waals surface area contributed by atoms with Crippen molar-refractivity contribution in [2.24, 2.45) is 0 Å². The van der Waals surface area contributed by atoms with Crippen molar-refractivity contribution >= 4 is 11.3 Å². The van der Waals surface area contributed by atoms with Gasteiger partial charge in [-0.15, -0.1) is 0 Å². The van der Waals surface area contributed by atoms with Gasteiger partial charge in [0.1, 0.15) is 5.52 Å². The number of hydrogen-bond donors (Lipinski definition) is 1. The highest BCUT2D eigenvalue weighted by Crippen LogP contribution is 2.30. The normalized spacial score (nSPS) is 18.3. The van der Waals surface area contributed by atoms with E-state index in [9.17, 15) is 13.2 Å². The molecule has 114 valence electrons. The number of piperidine rings is 1. The smallest absolute Gasteiger partial charge is 0.365 e. The maximum absolute atomic E-state index is 12.7. The Balaban J connectivity index is 1.86. The quantitative estimate of drug-likeness (QED) is 0.924. The fraction of sp³-hybridized carbons (Fsp3) is 0.538. The molecular formula is C13H16F3N5. The van der Waals surface area contributed by atoms with Gasteiger partial charge in [0.15, 0.2) is 11.5 Å². The first-order valence-electron chi connectivity index (χ1n) is 6.80. The van der Waals surface area contributed by atoms with Crippen LogP contribution in [-0.2, 0) is 6.18 Å². The average Bonchev–Trinajstić information content (AvgIpc) is 2.86. The molecule has 0 bridgehead atoms. The number of fused-ring (bicyclic) bond motifs is 1. The maximum atomic E-state index is 12.7. The second-order valence-corrected chi connectivity index (χ2v) is 5.35. The van der Waals surface area contributed by atoms with Crippen LogP contribution in [-0.4, -0.2) is 45.7 Å². The summed E-state index contributed by atoms with van der Waals surface area (Å²) in [6.45, 7) is 1.93. The predicted octanol–water partition coefficient (Wildman–Crippen LogP) is 2.25. The molecule has 3 rings (SSSR count). The SMILES string of the molecule is CN1CCC(Nc2nccn3nc(C(F)(F)F)cc23)CC1. The van der Waals surface area contributed by atoms with E-state index in [1.807, 2.05) is 0 Å². The molecule has 1 saturated heterocycles. The molecule has 1 aliphatic rings. The van der Waals surface area contributed by atoms with Crippen molar-refractivity contribution in [1.29, 1.82) is 0 Å². The lowest BCUT2D eigenvalue weighted by molar-refractivity contribution is -0.141. The fourth-order valence-electron chi connectivity index (χ4n) is 2.52. The van der Waals surface area contributed by atoms with Crippen LogP contribution in [0.25, 0.3) is 5.52 Å². The van der Waals surface area contributed by atoms with Crippen molar-refractivity contribution in [3.8, 4) is 0 Å². The highest BCUT2D eigenvalue weighted by Gasteiger charge is 2.34. The minimum atomic E-state index is -4.45. The van der Waals surface area contributed by atoms with Gasteiger partial charge in [0.05, 0.1) is 0 Å². The molecule has 1 fully saturated rings. The van der Waals surface area contributed by atoms with Crippen LogP contribution in [0.2, 0.25) is 0 Å². The van der Waals surface area contributed by atoms with Crippen LogP contribution in [0, 0.1) is 0 Å². The molecule has 0 spiro atoms. The van der Waals surface area contributed by atoms with E-state index in [-0.39, 0.29) is 6.04 Å². The van der Waals surface area contributed by atoms with Crippen LogP contribution in [0.1, 0.15) is 18.5 Å². The minimum Gasteiger partial charge on any atom is -0.365 e. The number of rotatable bonds is 2. The second kappa shape index (κ2) is 5.18. The van der Waals surface area contributed by atoms with Gasteiger partial charge in [-0.05, 0) is 33.0 Å². The Bertz CT molecular complexity index is 628. The Labute approximate surface area is 119 Å². The van der Waals surface area contributed by atoms with Crippen LogP contribution >= 0.6 is 0 Å². The first kappa shape index (κ1) is 14.1. The molecule has 1 aliphatic heterocycles. The molecule has 3 heterocycles. The van der Waals surface area contributed by atoms with Crippen molar-refractivity contribution in [1.82, 2.24) is 19.5 Å². The summed E-state index contributed by atoms with van der Waals surface area (Å²) in [5.74, 6) is 0.454. The van der Waals surface area contributed by atoms with E-state index in [0.29, 0.717) is 11.3 Å². The summed E-state index contributed by atoms with van der Waals surface area (Å²) in [6, 6.07) is 1.26. The molecule has 0 atom stereocenters. The number of likely N-dealkylation sites (tertiary alicyclic amines) is 1. The lowest BCUT2D eigenvalue weighted by Gasteiger charge is -2.29. The Morgan fingerprint density at radius 3 is 2.67 bits per heavy atom. The summed E-state index contributed by atoms with van der Waals surface area (Å²) in [4.78, 5) is 6.39. The Morgan fingerprint density at radius 2 is 2.00 bits per heavy atom. The summed E-state index contributed by atoms with van der Waals surface area (Å²) in [7, 11) is 2.06. The van der Waals surface area contributed by atoms with E-state index >= 15 is 0 Å². The number of anilines is 1. The first-order valence-corrected chi connectivity index (χ1v) is 6.80. The van der Waals surface area contributed by atoms with Crippen LogP contribution in [0.4, 0.5) is 19.0 Å². The van der Waals surface area contributed by atoms with E-state index in [1.165, 1.54) is 16.9 Å². The third-order valence-corrected chi connectivity index (χ3v) is 3.74. The van der Waals surface area contributed by atoms with Crippen molar-refractivity contribution < 1.29 is 13.2 Å². The van der Waals surface area contributed by atoms with Crippen molar-refractivity contribution in [2.45, 2.75) is 25.1 Å². The Morgan fingerprint density at radius 1 is 1.29 bits per heavy atom. The van der Waals surface area contributed by atoms with Crippen LogP contribution < -0.4 is 5.32 Å². The van der Waals surface area contributed by atoms with Crippen LogP contribution in [0.15, 0.2) is 18.5 Å². The molecule has 0 saturated carbocycles. The van der Waals surface area contributed by atoms with Gasteiger partial charge in [-0.3, -0.25) is 0 Å². The van der Waals surface area contributed by atoms with Gasteiger partial charge < -0.3 is 10.2 Å². The maximum Gasteiger partial charge on any atom is 0.435 e. The molecule has 2 aromatic rings. The van der Waals surface area contributed by atoms with E-state index < -0.39 is 11.9 Å². The fourth-order valence-corrected chi connectivity index (χ4v) is 2.52. The first-order chi connectivity index (χ1) is 9.93. The molecule has 0 aliphatic carbocycles. The van der Waals surface area contributed by atoms with Gasteiger partial charge in [-0.25, -0.2) is 9.50 Å². The lowest BCUT2D eigenvalue weighted by Crippen LogP contribution is -2.36. The molecule has 0 unspecified atom stereocenters. The number of aromatic nitrogens is 3. The van der Waals surface area contributed by atoms with Gasteiger partial charge >= 0.3 is 6.18 Å². The van der Waals surface area contributed by atoms with Gasteiger partial charge in [0.25, 0.3) is 0 Å². The minimum absolute atomic E-state index is 0.226. The third-order valence-electron chi connectivity index (χ3n) is 3.74. The number of nitrogens with zero attached hydrogens (tertiary/aromatic N) is 4. The summed E-state index contributed by atoms with van der Waals surface area (Å²) >= 11 is 0. The molecule has 21 heavy (non-hydrogen) atoms. The number of hydrogen-bond acceptors (Lipinski definition) is 4. The topological polar surface area (TPSA) is 45.5 Å². The Hall–Kier alpha value is -1.83. The highest BCUT2D eigenvalue weighted by atomic mass is 19.4. The third kappa shape index (κ3) is 2.94. The molecule has 1 N–H and O–H groups in total. The standard InChI is InChI=1S/C13H16F3N5/c1-20-5-2-9(3-6-20)18-12-10-8-11(13(14,15)16)19-21(10)7-4-17-12/h4,7-9H,2-3,5-6H2,1H3,(H,17,18). The Kier molecular flexibility index (Phi) is 3.48. The zero-order valence-corrected chi connectivity index (χ0v) is 11.6. The van der Waals surface area contributed by atoms with Crippen LogP contribution in [0.3, 0.4) is 0 Å². The molecular weight excluding hydrogens is 283 g/mol. The molecule has 8 heteroatoms. The number of halogens is 3. The van der Waals surface area contributed by atoms with E-state index in [2.05, 4.69) is 27.3 Å². The molecule has 5 nitrogen and oxygen atoms in total. The summed E-state index contributed by atoms with van der Waals surface area (Å²) < 4.78 is 39.4. The van der Waals surface area contributed by atoms with Gasteiger partial charge in [-0.1, -0.05) is 0 Å². The van der Waals surface area contributed by atoms with Crippen molar-refractivity contribution in [3.05, 3.63) is 24.2 Å². The molecule has 0 amide bonds. The average molecular weight is 299 g/mol. The largest absolute Gasteiger partial charge is 0.435 e. The van der Waals surface area contributed by atoms with E-state index in [1.54, 1.807) is 0 Å². The summed E-state index contributed by atoms with van der Waals surface area (Å²) in [5, 5.41) is 6.80. The highest BCUT2D eigenvalue weighted by molar-refractivity contribution is 5.68. The zero-order valence-electron chi connectivity index (χ0n) is 11.6. The monoisotopic (exact) mass is 299 g/mol. The van der Waals surface area contributed by atoms with Crippen molar-refractivity contribution in [2.75, 3.05) is 25.5 Å². The zero-order chi connectivity index (χ0) is 15.0.